The molecule has 1 aromatic carbocycles. The molecule has 37 heavy (non-hydrogen) atoms. The van der Waals surface area contributed by atoms with Crippen molar-refractivity contribution in [3.8, 4) is 17.0 Å². The van der Waals surface area contributed by atoms with E-state index in [2.05, 4.69) is 27.2 Å². The number of benzene rings is 1. The molecule has 2 amide bonds. The zero-order valence-electron chi connectivity index (χ0n) is 20.8. The molecule has 2 aliphatic heterocycles. The summed E-state index contributed by atoms with van der Waals surface area (Å²) in [7, 11) is 0. The van der Waals surface area contributed by atoms with Gasteiger partial charge in [-0.15, -0.1) is 0 Å². The first-order chi connectivity index (χ1) is 18.0. The van der Waals surface area contributed by atoms with Gasteiger partial charge in [0.15, 0.2) is 0 Å². The normalized spacial score (nSPS) is 16.8. The summed E-state index contributed by atoms with van der Waals surface area (Å²) >= 11 is 6.48. The Balaban J connectivity index is 1.53. The summed E-state index contributed by atoms with van der Waals surface area (Å²) in [5.74, 6) is 0.358. The predicted molar refractivity (Wildman–Crippen MR) is 145 cm³/mol. The number of likely N-dealkylation sites (tertiary alicyclic amines) is 1. The predicted octanol–water partition coefficient (Wildman–Crippen LogP) is 4.88. The van der Waals surface area contributed by atoms with Gasteiger partial charge in [-0.25, -0.2) is 0 Å². The van der Waals surface area contributed by atoms with Crippen LogP contribution in [0.15, 0.2) is 49.3 Å². The first kappa shape index (κ1) is 24.9. The molecule has 0 bridgehead atoms. The molecule has 9 heteroatoms. The van der Waals surface area contributed by atoms with E-state index in [1.54, 1.807) is 17.3 Å². The molecule has 3 N–H and O–H groups in total. The number of nitrogens with zero attached hydrogens (tertiary/aromatic N) is 2. The Morgan fingerprint density at radius 2 is 2.24 bits per heavy atom. The Morgan fingerprint density at radius 1 is 1.38 bits per heavy atom. The summed E-state index contributed by atoms with van der Waals surface area (Å²) < 4.78 is 6.27. The number of nitrogens with one attached hydrogen (secondary N) is 3. The van der Waals surface area contributed by atoms with Crippen LogP contribution in [-0.4, -0.2) is 52.4 Å². The Hall–Kier alpha value is -3.78. The molecule has 4 heterocycles. The molecule has 8 nitrogen and oxygen atoms in total. The fourth-order valence-corrected chi connectivity index (χ4v) is 5.49. The third-order valence-corrected chi connectivity index (χ3v) is 7.37. The lowest BCUT2D eigenvalue weighted by molar-refractivity contribution is -0.127. The van der Waals surface area contributed by atoms with Gasteiger partial charge >= 0.3 is 0 Å². The lowest BCUT2D eigenvalue weighted by Gasteiger charge is -2.24. The van der Waals surface area contributed by atoms with Crippen molar-refractivity contribution in [2.24, 2.45) is 0 Å². The number of fused-ring (bicyclic) bond motifs is 1. The second-order valence-electron chi connectivity index (χ2n) is 9.19. The number of aromatic amines is 1. The monoisotopic (exact) mass is 519 g/mol. The van der Waals surface area contributed by atoms with E-state index in [1.807, 2.05) is 31.2 Å². The number of aromatic nitrogens is 2. The summed E-state index contributed by atoms with van der Waals surface area (Å²) in [5.41, 5.74) is 5.46. The number of ether oxygens (including phenoxy) is 1. The van der Waals surface area contributed by atoms with E-state index in [0.717, 1.165) is 47.5 Å². The van der Waals surface area contributed by atoms with Crippen LogP contribution in [0.5, 0.6) is 5.75 Å². The first-order valence-corrected chi connectivity index (χ1v) is 13.0. The molecule has 2 aromatic heterocycles. The summed E-state index contributed by atoms with van der Waals surface area (Å²) in [6, 6.07) is 7.56. The number of rotatable bonds is 8. The van der Waals surface area contributed by atoms with Crippen molar-refractivity contribution < 1.29 is 14.3 Å². The van der Waals surface area contributed by atoms with Crippen LogP contribution in [-0.2, 0) is 17.6 Å². The van der Waals surface area contributed by atoms with Crippen molar-refractivity contribution in [1.29, 1.82) is 0 Å². The molecule has 5 rings (SSSR count). The minimum Gasteiger partial charge on any atom is -0.489 e. The maximum absolute atomic E-state index is 13.0. The third-order valence-electron chi connectivity index (χ3n) is 7.02. The number of amides is 2. The largest absolute Gasteiger partial charge is 0.489 e. The van der Waals surface area contributed by atoms with Gasteiger partial charge in [-0.3, -0.25) is 14.6 Å². The molecule has 0 spiro atoms. The average molecular weight is 520 g/mol. The molecule has 3 aromatic rings. The number of pyridine rings is 1. The van der Waals surface area contributed by atoms with Crippen molar-refractivity contribution in [2.75, 3.05) is 25.0 Å². The van der Waals surface area contributed by atoms with Gasteiger partial charge in [0.25, 0.3) is 5.91 Å². The van der Waals surface area contributed by atoms with Gasteiger partial charge in [-0.2, -0.15) is 0 Å². The number of carbonyl (C=O) groups is 2. The van der Waals surface area contributed by atoms with Gasteiger partial charge in [0.2, 0.25) is 5.91 Å². The summed E-state index contributed by atoms with van der Waals surface area (Å²) in [6.07, 6.45) is 7.94. The van der Waals surface area contributed by atoms with Crippen LogP contribution in [0.25, 0.3) is 11.3 Å². The molecule has 192 valence electrons. The van der Waals surface area contributed by atoms with Gasteiger partial charge in [0, 0.05) is 47.7 Å². The van der Waals surface area contributed by atoms with Crippen LogP contribution in [0, 0.1) is 0 Å². The molecular weight excluding hydrogens is 490 g/mol. The second-order valence-corrected chi connectivity index (χ2v) is 9.60. The van der Waals surface area contributed by atoms with E-state index in [9.17, 15) is 9.59 Å². The molecule has 0 unspecified atom stereocenters. The van der Waals surface area contributed by atoms with E-state index in [4.69, 9.17) is 16.3 Å². The Bertz CT molecular complexity index is 1350. The highest BCUT2D eigenvalue weighted by Crippen LogP contribution is 2.41. The van der Waals surface area contributed by atoms with E-state index < -0.39 is 0 Å². The molecule has 1 fully saturated rings. The van der Waals surface area contributed by atoms with Crippen LogP contribution in [0.1, 0.15) is 41.4 Å². The highest BCUT2D eigenvalue weighted by Gasteiger charge is 2.30. The molecule has 1 saturated heterocycles. The van der Waals surface area contributed by atoms with Gasteiger partial charge in [-0.1, -0.05) is 31.2 Å². The first-order valence-electron chi connectivity index (χ1n) is 12.6. The zero-order chi connectivity index (χ0) is 25.9. The molecular formula is C28H30ClN5O3. The molecule has 0 saturated carbocycles. The highest BCUT2D eigenvalue weighted by molar-refractivity contribution is 6.31. The molecule has 2 aliphatic rings. The van der Waals surface area contributed by atoms with Gasteiger partial charge in [0.05, 0.1) is 29.2 Å². The van der Waals surface area contributed by atoms with Gasteiger partial charge in [-0.05, 0) is 49.1 Å². The Morgan fingerprint density at radius 3 is 3.05 bits per heavy atom. The van der Waals surface area contributed by atoms with Crippen LogP contribution in [0.4, 0.5) is 11.4 Å². The van der Waals surface area contributed by atoms with Crippen LogP contribution in [0.3, 0.4) is 0 Å². The van der Waals surface area contributed by atoms with Crippen molar-refractivity contribution in [3.63, 3.8) is 0 Å². The fourth-order valence-electron chi connectivity index (χ4n) is 5.18. The Labute approximate surface area is 221 Å². The van der Waals surface area contributed by atoms with Crippen molar-refractivity contribution in [2.45, 2.75) is 38.6 Å². The SMILES string of the molecule is C=CC(=O)N1CCC[C@H]1COc1cnccc1-c1[nH]c2c(c1Nc1cccc(Cl)c1CC)C(=O)NCC2. The standard InChI is InChI=1S/C28H30ClN5O3/c1-3-18-20(29)8-5-9-21(18)32-27-25-22(11-13-31-28(25)36)33-26(27)19-10-12-30-15-23(19)37-16-17-7-6-14-34(17)24(35)4-2/h4-5,8-10,12,15,17,32-33H,2-3,6-7,11,13-14,16H2,1H3,(H,31,36)/t17-/m0/s1. The number of carbonyl (C=O) groups excluding carboxylic acids is 2. The van der Waals surface area contributed by atoms with Crippen molar-refractivity contribution in [1.82, 2.24) is 20.2 Å². The maximum atomic E-state index is 13.0. The average Bonchev–Trinajstić information content (AvgIpc) is 3.53. The van der Waals surface area contributed by atoms with Gasteiger partial charge < -0.3 is 25.3 Å². The fraction of sp³-hybridized carbons (Fsp3) is 0.321. The minimum absolute atomic E-state index is 0.0302. The van der Waals surface area contributed by atoms with E-state index in [-0.39, 0.29) is 17.9 Å². The quantitative estimate of drug-likeness (QED) is 0.368. The van der Waals surface area contributed by atoms with Crippen LogP contribution < -0.4 is 15.4 Å². The minimum atomic E-state index is -0.132. The van der Waals surface area contributed by atoms with Gasteiger partial charge in [0.1, 0.15) is 12.4 Å². The lowest BCUT2D eigenvalue weighted by Crippen LogP contribution is -2.38. The Kier molecular flexibility index (Phi) is 7.19. The molecule has 1 atom stereocenters. The number of halogens is 1. The molecule has 0 radical (unpaired) electrons. The van der Waals surface area contributed by atoms with Crippen molar-refractivity contribution in [3.05, 3.63) is 71.2 Å². The lowest BCUT2D eigenvalue weighted by atomic mass is 10.0. The summed E-state index contributed by atoms with van der Waals surface area (Å²) in [5, 5.41) is 7.13. The number of anilines is 2. The topological polar surface area (TPSA) is 99.3 Å². The number of hydrogen-bond donors (Lipinski definition) is 3. The van der Waals surface area contributed by atoms with Crippen molar-refractivity contribution >= 4 is 34.8 Å². The zero-order valence-corrected chi connectivity index (χ0v) is 21.5. The smallest absolute Gasteiger partial charge is 0.255 e. The van der Waals surface area contributed by atoms with E-state index in [1.165, 1.54) is 6.08 Å². The summed E-state index contributed by atoms with van der Waals surface area (Å²) in [4.78, 5) is 34.8. The maximum Gasteiger partial charge on any atom is 0.255 e. The van der Waals surface area contributed by atoms with E-state index in [0.29, 0.717) is 48.1 Å². The van der Waals surface area contributed by atoms with Crippen LogP contribution in [0.2, 0.25) is 5.02 Å². The number of H-pyrrole nitrogens is 1. The van der Waals surface area contributed by atoms with E-state index >= 15 is 0 Å². The third kappa shape index (κ3) is 4.81. The molecule has 0 aliphatic carbocycles. The van der Waals surface area contributed by atoms with Crippen LogP contribution >= 0.6 is 11.6 Å². The number of hydrogen-bond acceptors (Lipinski definition) is 5. The second kappa shape index (κ2) is 10.7. The highest BCUT2D eigenvalue weighted by atomic mass is 35.5. The summed E-state index contributed by atoms with van der Waals surface area (Å²) in [6.45, 7) is 7.27.